The summed E-state index contributed by atoms with van der Waals surface area (Å²) in [6.07, 6.45) is 10.1. The summed E-state index contributed by atoms with van der Waals surface area (Å²) in [6, 6.07) is 0.212. The van der Waals surface area contributed by atoms with Crippen LogP contribution in [0.4, 0.5) is 0 Å². The molecule has 2 atom stereocenters. The first-order valence-electron chi connectivity index (χ1n) is 8.71. The maximum atomic E-state index is 12.3. The zero-order chi connectivity index (χ0) is 15.4. The highest BCUT2D eigenvalue weighted by Gasteiger charge is 2.25. The molecule has 2 unspecified atom stereocenters. The molecule has 1 aromatic heterocycles. The number of amides is 1. The van der Waals surface area contributed by atoms with Gasteiger partial charge in [-0.25, -0.2) is 4.98 Å². The number of nitrogens with one attached hydrogen (secondary N) is 2. The molecule has 5 heteroatoms. The molecule has 3 rings (SSSR count). The van der Waals surface area contributed by atoms with E-state index in [2.05, 4.69) is 22.5 Å². The monoisotopic (exact) mass is 305 g/mol. The lowest BCUT2D eigenvalue weighted by Gasteiger charge is -2.27. The van der Waals surface area contributed by atoms with Gasteiger partial charge in [0.1, 0.15) is 6.26 Å². The number of carbonyl (C=O) groups is 1. The molecule has 2 aliphatic rings. The summed E-state index contributed by atoms with van der Waals surface area (Å²) >= 11 is 0. The molecule has 1 aliphatic carbocycles. The summed E-state index contributed by atoms with van der Waals surface area (Å²) in [6.45, 7) is 4.06. The first kappa shape index (κ1) is 15.5. The molecule has 0 spiro atoms. The number of rotatable bonds is 4. The highest BCUT2D eigenvalue weighted by atomic mass is 16.3. The lowest BCUT2D eigenvalue weighted by molar-refractivity contribution is 0.0914. The Bertz CT molecular complexity index is 488. The van der Waals surface area contributed by atoms with Crippen molar-refractivity contribution in [2.24, 2.45) is 5.92 Å². The zero-order valence-corrected chi connectivity index (χ0v) is 13.4. The van der Waals surface area contributed by atoms with E-state index in [1.54, 1.807) is 0 Å². The Kier molecular flexibility index (Phi) is 5.13. The summed E-state index contributed by atoms with van der Waals surface area (Å²) < 4.78 is 5.54. The molecule has 0 radical (unpaired) electrons. The van der Waals surface area contributed by atoms with Crippen LogP contribution in [0.3, 0.4) is 0 Å². The summed E-state index contributed by atoms with van der Waals surface area (Å²) in [7, 11) is 0. The van der Waals surface area contributed by atoms with Gasteiger partial charge in [0.15, 0.2) is 11.6 Å². The Hall–Kier alpha value is -1.36. The number of hydrogen-bond acceptors (Lipinski definition) is 4. The maximum Gasteiger partial charge on any atom is 0.273 e. The van der Waals surface area contributed by atoms with E-state index >= 15 is 0 Å². The quantitative estimate of drug-likeness (QED) is 0.897. The third kappa shape index (κ3) is 3.69. The predicted octanol–water partition coefficient (Wildman–Crippen LogP) is 2.84. The van der Waals surface area contributed by atoms with Crippen molar-refractivity contribution >= 4 is 5.91 Å². The third-order valence-corrected chi connectivity index (χ3v) is 5.12. The molecule has 22 heavy (non-hydrogen) atoms. The Morgan fingerprint density at radius 1 is 1.32 bits per heavy atom. The van der Waals surface area contributed by atoms with Gasteiger partial charge >= 0.3 is 0 Å². The van der Waals surface area contributed by atoms with Crippen molar-refractivity contribution in [1.82, 2.24) is 15.6 Å². The van der Waals surface area contributed by atoms with Gasteiger partial charge < -0.3 is 15.1 Å². The van der Waals surface area contributed by atoms with E-state index in [4.69, 9.17) is 4.42 Å². The van der Waals surface area contributed by atoms with Gasteiger partial charge in [0.05, 0.1) is 0 Å². The molecule has 5 nitrogen and oxygen atoms in total. The van der Waals surface area contributed by atoms with E-state index in [0.717, 1.165) is 25.9 Å². The first-order chi connectivity index (χ1) is 10.7. The van der Waals surface area contributed by atoms with Crippen LogP contribution in [0.5, 0.6) is 0 Å². The van der Waals surface area contributed by atoms with Gasteiger partial charge in [-0.15, -0.1) is 0 Å². The Balaban J connectivity index is 1.56. The molecule has 1 aliphatic heterocycles. The number of aromatic nitrogens is 1. The van der Waals surface area contributed by atoms with Gasteiger partial charge in [-0.2, -0.15) is 0 Å². The van der Waals surface area contributed by atoms with Gasteiger partial charge in [0, 0.05) is 18.5 Å². The summed E-state index contributed by atoms with van der Waals surface area (Å²) in [5.74, 6) is 1.50. The molecule has 2 heterocycles. The zero-order valence-electron chi connectivity index (χ0n) is 13.4. The van der Waals surface area contributed by atoms with Gasteiger partial charge in [0.2, 0.25) is 0 Å². The standard InChI is InChI=1S/C17H27N3O2/c1-12(13-6-3-2-4-7-13)19-16(21)15-11-22-17(20-15)14-8-5-9-18-10-14/h11-14,18H,2-10H2,1H3,(H,19,21). The largest absolute Gasteiger partial charge is 0.448 e. The predicted molar refractivity (Wildman–Crippen MR) is 84.9 cm³/mol. The minimum Gasteiger partial charge on any atom is -0.448 e. The second-order valence-corrected chi connectivity index (χ2v) is 6.77. The topological polar surface area (TPSA) is 67.2 Å². The van der Waals surface area contributed by atoms with Crippen molar-refractivity contribution in [1.29, 1.82) is 0 Å². The second kappa shape index (κ2) is 7.27. The number of oxazole rings is 1. The van der Waals surface area contributed by atoms with Gasteiger partial charge in [-0.1, -0.05) is 19.3 Å². The molecule has 1 saturated carbocycles. The molecular formula is C17H27N3O2. The van der Waals surface area contributed by atoms with Crippen LogP contribution in [0.25, 0.3) is 0 Å². The van der Waals surface area contributed by atoms with Crippen molar-refractivity contribution in [2.45, 2.75) is 63.8 Å². The van der Waals surface area contributed by atoms with E-state index in [1.807, 2.05) is 0 Å². The number of carbonyl (C=O) groups excluding carboxylic acids is 1. The van der Waals surface area contributed by atoms with Crippen molar-refractivity contribution in [3.05, 3.63) is 17.8 Å². The molecule has 0 aromatic carbocycles. The lowest BCUT2D eigenvalue weighted by Crippen LogP contribution is -2.39. The highest BCUT2D eigenvalue weighted by molar-refractivity contribution is 5.92. The van der Waals surface area contributed by atoms with Crippen LogP contribution in [0.1, 0.15) is 74.2 Å². The van der Waals surface area contributed by atoms with Crippen LogP contribution >= 0.6 is 0 Å². The third-order valence-electron chi connectivity index (χ3n) is 5.12. The summed E-state index contributed by atoms with van der Waals surface area (Å²) in [4.78, 5) is 16.8. The molecule has 1 aromatic rings. The first-order valence-corrected chi connectivity index (χ1v) is 8.71. The van der Waals surface area contributed by atoms with Gasteiger partial charge in [-0.3, -0.25) is 4.79 Å². The van der Waals surface area contributed by atoms with Crippen LogP contribution in [0.15, 0.2) is 10.7 Å². The lowest BCUT2D eigenvalue weighted by atomic mass is 9.84. The van der Waals surface area contributed by atoms with E-state index < -0.39 is 0 Å². The Labute approximate surface area is 132 Å². The summed E-state index contributed by atoms with van der Waals surface area (Å²) in [5.41, 5.74) is 0.420. The SMILES string of the molecule is CC(NC(=O)c1coc(C2CCCNC2)n1)C1CCCCC1. The maximum absolute atomic E-state index is 12.3. The van der Waals surface area contributed by atoms with Gasteiger partial charge in [0.25, 0.3) is 5.91 Å². The van der Waals surface area contributed by atoms with E-state index in [0.29, 0.717) is 23.4 Å². The minimum atomic E-state index is -0.100. The normalized spacial score (nSPS) is 24.9. The fraction of sp³-hybridized carbons (Fsp3) is 0.765. The van der Waals surface area contributed by atoms with Crippen molar-refractivity contribution in [3.63, 3.8) is 0 Å². The minimum absolute atomic E-state index is 0.100. The Morgan fingerprint density at radius 3 is 2.86 bits per heavy atom. The second-order valence-electron chi connectivity index (χ2n) is 6.77. The van der Waals surface area contributed by atoms with Crippen LogP contribution in [-0.2, 0) is 0 Å². The van der Waals surface area contributed by atoms with Gasteiger partial charge in [-0.05, 0) is 45.1 Å². The fourth-order valence-electron chi connectivity index (χ4n) is 3.67. The molecule has 0 bridgehead atoms. The van der Waals surface area contributed by atoms with E-state index in [-0.39, 0.29) is 11.9 Å². The van der Waals surface area contributed by atoms with Crippen LogP contribution < -0.4 is 10.6 Å². The van der Waals surface area contributed by atoms with Crippen LogP contribution in [0.2, 0.25) is 0 Å². The summed E-state index contributed by atoms with van der Waals surface area (Å²) in [5, 5.41) is 6.45. The number of nitrogens with zero attached hydrogens (tertiary/aromatic N) is 1. The Morgan fingerprint density at radius 2 is 2.14 bits per heavy atom. The van der Waals surface area contributed by atoms with E-state index in [9.17, 15) is 4.79 Å². The van der Waals surface area contributed by atoms with E-state index in [1.165, 1.54) is 38.4 Å². The van der Waals surface area contributed by atoms with Crippen molar-refractivity contribution in [2.75, 3.05) is 13.1 Å². The molecular weight excluding hydrogens is 278 g/mol. The molecule has 1 saturated heterocycles. The van der Waals surface area contributed by atoms with Crippen LogP contribution in [-0.4, -0.2) is 30.0 Å². The smallest absolute Gasteiger partial charge is 0.273 e. The van der Waals surface area contributed by atoms with Crippen molar-refractivity contribution < 1.29 is 9.21 Å². The molecule has 2 N–H and O–H groups in total. The molecule has 2 fully saturated rings. The fourth-order valence-corrected chi connectivity index (χ4v) is 3.67. The number of hydrogen-bond donors (Lipinski definition) is 2. The molecule has 1 amide bonds. The average Bonchev–Trinajstić information content (AvgIpc) is 3.06. The highest BCUT2D eigenvalue weighted by Crippen LogP contribution is 2.26. The number of piperidine rings is 1. The molecule has 122 valence electrons. The van der Waals surface area contributed by atoms with Crippen LogP contribution in [0, 0.1) is 5.92 Å². The van der Waals surface area contributed by atoms with Crippen molar-refractivity contribution in [3.8, 4) is 0 Å². The average molecular weight is 305 g/mol.